The van der Waals surface area contributed by atoms with Crippen molar-refractivity contribution in [3.05, 3.63) is 17.3 Å². The van der Waals surface area contributed by atoms with Crippen LogP contribution in [0.25, 0.3) is 6.08 Å². The lowest BCUT2D eigenvalue weighted by Gasteiger charge is -2.36. The Balaban J connectivity index is 2.41. The van der Waals surface area contributed by atoms with Crippen LogP contribution in [0.5, 0.6) is 0 Å². The maximum Gasteiger partial charge on any atom is 0.149 e. The van der Waals surface area contributed by atoms with Gasteiger partial charge in [-0.3, -0.25) is 5.32 Å². The SMILES string of the molecule is CCCCNC(C)N(CC(C)C)c1c(N)c(N)nc2c1CCC=C2. The number of aromatic nitrogens is 1. The first-order valence-electron chi connectivity index (χ1n) is 9.20. The zero-order valence-electron chi connectivity index (χ0n) is 15.6. The van der Waals surface area contributed by atoms with E-state index in [1.54, 1.807) is 0 Å². The first-order chi connectivity index (χ1) is 11.5. The number of nitrogens with two attached hydrogens (primary N) is 2. The van der Waals surface area contributed by atoms with Gasteiger partial charge < -0.3 is 16.4 Å². The third kappa shape index (κ3) is 4.20. The van der Waals surface area contributed by atoms with Crippen LogP contribution in [-0.2, 0) is 6.42 Å². The van der Waals surface area contributed by atoms with Gasteiger partial charge in [0.1, 0.15) is 5.82 Å². The summed E-state index contributed by atoms with van der Waals surface area (Å²) in [5, 5.41) is 3.63. The Hall–Kier alpha value is -1.75. The van der Waals surface area contributed by atoms with Crippen molar-refractivity contribution in [1.29, 1.82) is 0 Å². The molecule has 1 heterocycles. The molecular formula is C19H33N5. The van der Waals surface area contributed by atoms with Crippen molar-refractivity contribution in [2.45, 2.75) is 59.5 Å². The van der Waals surface area contributed by atoms with Crippen LogP contribution in [0, 0.1) is 5.92 Å². The number of hydrogen-bond acceptors (Lipinski definition) is 5. The Kier molecular flexibility index (Phi) is 6.49. The number of allylic oxidation sites excluding steroid dienone is 1. The van der Waals surface area contributed by atoms with E-state index in [9.17, 15) is 0 Å². The summed E-state index contributed by atoms with van der Waals surface area (Å²) in [5.41, 5.74) is 16.4. The molecule has 1 unspecified atom stereocenters. The van der Waals surface area contributed by atoms with Crippen LogP contribution >= 0.6 is 0 Å². The van der Waals surface area contributed by atoms with Crippen LogP contribution in [0.15, 0.2) is 6.08 Å². The number of pyridine rings is 1. The van der Waals surface area contributed by atoms with E-state index < -0.39 is 0 Å². The summed E-state index contributed by atoms with van der Waals surface area (Å²) < 4.78 is 0. The first kappa shape index (κ1) is 18.6. The van der Waals surface area contributed by atoms with Crippen molar-refractivity contribution in [3.8, 4) is 0 Å². The number of unbranched alkanes of at least 4 members (excludes halogenated alkanes) is 1. The van der Waals surface area contributed by atoms with E-state index in [1.807, 2.05) is 0 Å². The fourth-order valence-electron chi connectivity index (χ4n) is 3.23. The topological polar surface area (TPSA) is 80.2 Å². The summed E-state index contributed by atoms with van der Waals surface area (Å²) >= 11 is 0. The highest BCUT2D eigenvalue weighted by Gasteiger charge is 2.25. The highest BCUT2D eigenvalue weighted by molar-refractivity contribution is 5.83. The van der Waals surface area contributed by atoms with Gasteiger partial charge in [0, 0.05) is 12.1 Å². The molecule has 2 rings (SSSR count). The van der Waals surface area contributed by atoms with E-state index in [1.165, 1.54) is 18.4 Å². The summed E-state index contributed by atoms with van der Waals surface area (Å²) in [5.74, 6) is 0.966. The number of hydrogen-bond donors (Lipinski definition) is 3. The minimum atomic E-state index is 0.207. The Bertz CT molecular complexity index is 580. The van der Waals surface area contributed by atoms with Crippen molar-refractivity contribution >= 4 is 23.3 Å². The molecule has 0 aliphatic heterocycles. The molecule has 1 aromatic rings. The van der Waals surface area contributed by atoms with E-state index in [4.69, 9.17) is 11.5 Å². The van der Waals surface area contributed by atoms with Crippen LogP contribution < -0.4 is 21.7 Å². The number of anilines is 3. The summed E-state index contributed by atoms with van der Waals surface area (Å²) in [6.07, 6.45) is 8.79. The standard InChI is InChI=1S/C19H33N5/c1-5-6-11-22-14(4)24(12-13(2)3)18-15-9-7-8-10-16(15)23-19(21)17(18)20/h8,10,13-14,22H,5-7,9,11-12,20H2,1-4H3,(H2,21,23). The second-order valence-corrected chi connectivity index (χ2v) is 7.09. The van der Waals surface area contributed by atoms with Gasteiger partial charge in [-0.05, 0) is 44.7 Å². The molecule has 1 atom stereocenters. The molecule has 1 aliphatic rings. The number of fused-ring (bicyclic) bond motifs is 1. The minimum Gasteiger partial charge on any atom is -0.394 e. The van der Waals surface area contributed by atoms with Crippen LogP contribution in [0.1, 0.15) is 58.2 Å². The average molecular weight is 332 g/mol. The highest BCUT2D eigenvalue weighted by Crippen LogP contribution is 2.37. The molecule has 0 aromatic carbocycles. The van der Waals surface area contributed by atoms with E-state index in [0.29, 0.717) is 17.4 Å². The normalized spacial score (nSPS) is 14.7. The van der Waals surface area contributed by atoms with Crippen molar-refractivity contribution in [3.63, 3.8) is 0 Å². The Labute approximate surface area is 146 Å². The molecule has 0 bridgehead atoms. The summed E-state index contributed by atoms with van der Waals surface area (Å²) in [6.45, 7) is 10.8. The lowest BCUT2D eigenvalue weighted by atomic mass is 9.97. The van der Waals surface area contributed by atoms with Crippen molar-refractivity contribution in [2.75, 3.05) is 29.5 Å². The number of rotatable bonds is 8. The molecule has 5 N–H and O–H groups in total. The molecule has 0 saturated heterocycles. The fraction of sp³-hybridized carbons (Fsp3) is 0.632. The van der Waals surface area contributed by atoms with E-state index >= 15 is 0 Å². The lowest BCUT2D eigenvalue weighted by molar-refractivity contribution is 0.474. The van der Waals surface area contributed by atoms with Crippen molar-refractivity contribution < 1.29 is 0 Å². The van der Waals surface area contributed by atoms with Crippen LogP contribution in [0.3, 0.4) is 0 Å². The van der Waals surface area contributed by atoms with E-state index in [2.05, 4.69) is 55.0 Å². The average Bonchev–Trinajstić information content (AvgIpc) is 2.54. The Morgan fingerprint density at radius 3 is 2.71 bits per heavy atom. The van der Waals surface area contributed by atoms with E-state index in [0.717, 1.165) is 37.3 Å². The molecule has 0 spiro atoms. The maximum absolute atomic E-state index is 6.39. The summed E-state index contributed by atoms with van der Waals surface area (Å²) in [7, 11) is 0. The predicted molar refractivity (Wildman–Crippen MR) is 105 cm³/mol. The molecule has 1 aromatic heterocycles. The Morgan fingerprint density at radius 1 is 1.29 bits per heavy atom. The predicted octanol–water partition coefficient (Wildman–Crippen LogP) is 3.40. The number of nitrogen functional groups attached to an aromatic ring is 2. The highest BCUT2D eigenvalue weighted by atomic mass is 15.3. The van der Waals surface area contributed by atoms with Gasteiger partial charge in [0.15, 0.2) is 0 Å². The molecule has 5 nitrogen and oxygen atoms in total. The largest absolute Gasteiger partial charge is 0.394 e. The second-order valence-electron chi connectivity index (χ2n) is 7.09. The zero-order chi connectivity index (χ0) is 17.7. The van der Waals surface area contributed by atoms with Crippen LogP contribution in [0.4, 0.5) is 17.2 Å². The number of nitrogens with zero attached hydrogens (tertiary/aromatic N) is 2. The van der Waals surface area contributed by atoms with Crippen molar-refractivity contribution in [2.24, 2.45) is 5.92 Å². The Morgan fingerprint density at radius 2 is 2.04 bits per heavy atom. The smallest absolute Gasteiger partial charge is 0.149 e. The molecule has 1 aliphatic carbocycles. The summed E-state index contributed by atoms with van der Waals surface area (Å²) in [6, 6.07) is 0. The summed E-state index contributed by atoms with van der Waals surface area (Å²) in [4.78, 5) is 6.87. The second kappa shape index (κ2) is 8.38. The van der Waals surface area contributed by atoms with E-state index in [-0.39, 0.29) is 6.17 Å². The molecule has 134 valence electrons. The fourth-order valence-corrected chi connectivity index (χ4v) is 3.23. The van der Waals surface area contributed by atoms with Gasteiger partial charge in [-0.15, -0.1) is 0 Å². The van der Waals surface area contributed by atoms with Gasteiger partial charge in [0.25, 0.3) is 0 Å². The van der Waals surface area contributed by atoms with Gasteiger partial charge in [0.05, 0.1) is 23.2 Å². The molecule has 0 amide bonds. The van der Waals surface area contributed by atoms with Gasteiger partial charge in [0.2, 0.25) is 0 Å². The molecule has 0 saturated carbocycles. The zero-order valence-corrected chi connectivity index (χ0v) is 15.6. The number of nitrogens with one attached hydrogen (secondary N) is 1. The quantitative estimate of drug-likeness (QED) is 0.502. The van der Waals surface area contributed by atoms with Gasteiger partial charge >= 0.3 is 0 Å². The molecule has 0 radical (unpaired) electrons. The molecule has 5 heteroatoms. The third-order valence-electron chi connectivity index (χ3n) is 4.49. The first-order valence-corrected chi connectivity index (χ1v) is 9.20. The van der Waals surface area contributed by atoms with Gasteiger partial charge in [-0.1, -0.05) is 33.3 Å². The van der Waals surface area contributed by atoms with Gasteiger partial charge in [-0.2, -0.15) is 0 Å². The van der Waals surface area contributed by atoms with Crippen LogP contribution in [-0.4, -0.2) is 24.2 Å². The molecule has 24 heavy (non-hydrogen) atoms. The van der Waals surface area contributed by atoms with Crippen LogP contribution in [0.2, 0.25) is 0 Å². The van der Waals surface area contributed by atoms with Gasteiger partial charge in [-0.25, -0.2) is 4.98 Å². The monoisotopic (exact) mass is 331 g/mol. The maximum atomic E-state index is 6.39. The molecular weight excluding hydrogens is 298 g/mol. The minimum absolute atomic E-state index is 0.207. The lowest BCUT2D eigenvalue weighted by Crippen LogP contribution is -2.46. The van der Waals surface area contributed by atoms with Crippen molar-refractivity contribution in [1.82, 2.24) is 10.3 Å². The third-order valence-corrected chi connectivity index (χ3v) is 4.49. The molecule has 0 fully saturated rings.